The molecule has 2 atom stereocenters. The van der Waals surface area contributed by atoms with Gasteiger partial charge in [-0.1, -0.05) is 12.1 Å². The van der Waals surface area contributed by atoms with Crippen molar-refractivity contribution in [3.8, 4) is 0 Å². The second-order valence-corrected chi connectivity index (χ2v) is 5.31. The lowest BCUT2D eigenvalue weighted by molar-refractivity contribution is -0.142. The first-order chi connectivity index (χ1) is 9.97. The first kappa shape index (κ1) is 15.4. The summed E-state index contributed by atoms with van der Waals surface area (Å²) in [7, 11) is 0. The standard InChI is InChI=1S/C15H19FN2O3/c1-10(11-4-6-12(16)7-5-11)17-14(19)9-18-8-2-3-13(18)15(20)21/h4-7,10,13H,2-3,8-9H2,1H3,(H,17,19)(H,20,21)/t10-,13+/m0/s1. The van der Waals surface area contributed by atoms with E-state index in [0.717, 1.165) is 12.0 Å². The number of nitrogens with zero attached hydrogens (tertiary/aromatic N) is 1. The van der Waals surface area contributed by atoms with Crippen LogP contribution in [0.4, 0.5) is 4.39 Å². The van der Waals surface area contributed by atoms with Crippen LogP contribution in [0.15, 0.2) is 24.3 Å². The number of carbonyl (C=O) groups is 2. The van der Waals surface area contributed by atoms with E-state index < -0.39 is 12.0 Å². The lowest BCUT2D eigenvalue weighted by Gasteiger charge is -2.22. The predicted molar refractivity (Wildman–Crippen MR) is 75.2 cm³/mol. The van der Waals surface area contributed by atoms with Crippen molar-refractivity contribution in [1.82, 2.24) is 10.2 Å². The van der Waals surface area contributed by atoms with Crippen LogP contribution in [0.1, 0.15) is 31.4 Å². The molecule has 1 aromatic carbocycles. The highest BCUT2D eigenvalue weighted by Crippen LogP contribution is 2.17. The number of aliphatic carboxylic acids is 1. The van der Waals surface area contributed by atoms with Crippen molar-refractivity contribution in [1.29, 1.82) is 0 Å². The monoisotopic (exact) mass is 294 g/mol. The number of amides is 1. The highest BCUT2D eigenvalue weighted by Gasteiger charge is 2.31. The normalized spacial score (nSPS) is 20.2. The summed E-state index contributed by atoms with van der Waals surface area (Å²) in [5.41, 5.74) is 0.806. The Bertz CT molecular complexity index is 518. The number of nitrogens with one attached hydrogen (secondary N) is 1. The second kappa shape index (κ2) is 6.67. The van der Waals surface area contributed by atoms with Gasteiger partial charge in [0.1, 0.15) is 11.9 Å². The maximum atomic E-state index is 12.9. The van der Waals surface area contributed by atoms with E-state index in [4.69, 9.17) is 5.11 Å². The van der Waals surface area contributed by atoms with E-state index in [9.17, 15) is 14.0 Å². The minimum atomic E-state index is -0.883. The van der Waals surface area contributed by atoms with Gasteiger partial charge in [-0.15, -0.1) is 0 Å². The molecular weight excluding hydrogens is 275 g/mol. The fraction of sp³-hybridized carbons (Fsp3) is 0.467. The fourth-order valence-corrected chi connectivity index (χ4v) is 2.60. The molecule has 1 heterocycles. The van der Waals surface area contributed by atoms with Gasteiger partial charge in [0, 0.05) is 0 Å². The Balaban J connectivity index is 1.89. The number of carboxylic acid groups (broad SMARTS) is 1. The average Bonchev–Trinajstić information content (AvgIpc) is 2.87. The number of carboxylic acids is 1. The molecule has 1 aliphatic heterocycles. The van der Waals surface area contributed by atoms with Gasteiger partial charge in [-0.25, -0.2) is 4.39 Å². The third-order valence-electron chi connectivity index (χ3n) is 3.74. The zero-order chi connectivity index (χ0) is 15.4. The van der Waals surface area contributed by atoms with Crippen molar-refractivity contribution in [2.24, 2.45) is 0 Å². The summed E-state index contributed by atoms with van der Waals surface area (Å²) in [6, 6.07) is 5.12. The van der Waals surface area contributed by atoms with E-state index in [2.05, 4.69) is 5.32 Å². The average molecular weight is 294 g/mol. The molecule has 2 rings (SSSR count). The first-order valence-electron chi connectivity index (χ1n) is 6.99. The maximum Gasteiger partial charge on any atom is 0.320 e. The molecule has 1 aliphatic rings. The minimum absolute atomic E-state index is 0.0719. The molecular formula is C15H19FN2O3. The van der Waals surface area contributed by atoms with Gasteiger partial charge in [-0.05, 0) is 44.0 Å². The van der Waals surface area contributed by atoms with Gasteiger partial charge in [0.25, 0.3) is 0 Å². The van der Waals surface area contributed by atoms with Crippen LogP contribution < -0.4 is 5.32 Å². The van der Waals surface area contributed by atoms with Crippen LogP contribution in [0.2, 0.25) is 0 Å². The lowest BCUT2D eigenvalue weighted by atomic mass is 10.1. The number of likely N-dealkylation sites (tertiary alicyclic amines) is 1. The van der Waals surface area contributed by atoms with Crippen LogP contribution >= 0.6 is 0 Å². The molecule has 0 unspecified atom stereocenters. The molecule has 0 saturated carbocycles. The van der Waals surface area contributed by atoms with Gasteiger partial charge in [-0.3, -0.25) is 14.5 Å². The van der Waals surface area contributed by atoms with Crippen molar-refractivity contribution >= 4 is 11.9 Å². The minimum Gasteiger partial charge on any atom is -0.480 e. The Hall–Kier alpha value is -1.95. The summed E-state index contributed by atoms with van der Waals surface area (Å²) >= 11 is 0. The zero-order valence-corrected chi connectivity index (χ0v) is 11.9. The Morgan fingerprint density at radius 3 is 2.71 bits per heavy atom. The van der Waals surface area contributed by atoms with E-state index in [1.165, 1.54) is 12.1 Å². The summed E-state index contributed by atoms with van der Waals surface area (Å²) in [6.45, 7) is 2.50. The molecule has 21 heavy (non-hydrogen) atoms. The molecule has 1 fully saturated rings. The predicted octanol–water partition coefficient (Wildman–Crippen LogP) is 1.55. The SMILES string of the molecule is C[C@H](NC(=O)CN1CCC[C@@H]1C(=O)O)c1ccc(F)cc1. The van der Waals surface area contributed by atoms with Gasteiger partial charge in [0.15, 0.2) is 0 Å². The van der Waals surface area contributed by atoms with Gasteiger partial charge in [0.2, 0.25) is 5.91 Å². The number of halogens is 1. The Labute approximate surface area is 122 Å². The Morgan fingerprint density at radius 2 is 2.10 bits per heavy atom. The topological polar surface area (TPSA) is 69.6 Å². The van der Waals surface area contributed by atoms with Crippen molar-refractivity contribution < 1.29 is 19.1 Å². The molecule has 0 aromatic heterocycles. The number of benzene rings is 1. The second-order valence-electron chi connectivity index (χ2n) is 5.31. The molecule has 1 amide bonds. The van der Waals surface area contributed by atoms with Crippen LogP contribution in [0.25, 0.3) is 0 Å². The smallest absolute Gasteiger partial charge is 0.320 e. The third-order valence-corrected chi connectivity index (χ3v) is 3.74. The van der Waals surface area contributed by atoms with Crippen LogP contribution in [0.5, 0.6) is 0 Å². The van der Waals surface area contributed by atoms with Crippen molar-refractivity contribution in [3.05, 3.63) is 35.6 Å². The van der Waals surface area contributed by atoms with E-state index in [1.807, 2.05) is 6.92 Å². The summed E-state index contributed by atoms with van der Waals surface area (Å²) in [4.78, 5) is 24.7. The first-order valence-corrected chi connectivity index (χ1v) is 6.99. The van der Waals surface area contributed by atoms with E-state index >= 15 is 0 Å². The van der Waals surface area contributed by atoms with Gasteiger partial charge in [-0.2, -0.15) is 0 Å². The molecule has 0 spiro atoms. The van der Waals surface area contributed by atoms with Crippen LogP contribution in [-0.4, -0.2) is 41.0 Å². The van der Waals surface area contributed by atoms with Gasteiger partial charge >= 0.3 is 5.97 Å². The molecule has 114 valence electrons. The number of hydrogen-bond acceptors (Lipinski definition) is 3. The summed E-state index contributed by atoms with van der Waals surface area (Å²) in [5.74, 6) is -1.43. The van der Waals surface area contributed by atoms with E-state index in [0.29, 0.717) is 13.0 Å². The molecule has 1 aromatic rings. The summed E-state index contributed by atoms with van der Waals surface area (Å²) in [6.07, 6.45) is 1.37. The summed E-state index contributed by atoms with van der Waals surface area (Å²) in [5, 5.41) is 11.9. The number of rotatable bonds is 5. The lowest BCUT2D eigenvalue weighted by Crippen LogP contribution is -2.43. The molecule has 6 heteroatoms. The van der Waals surface area contributed by atoms with E-state index in [-0.39, 0.29) is 24.3 Å². The summed E-state index contributed by atoms with van der Waals surface area (Å²) < 4.78 is 12.9. The van der Waals surface area contributed by atoms with E-state index in [1.54, 1.807) is 17.0 Å². The van der Waals surface area contributed by atoms with Crippen LogP contribution in [-0.2, 0) is 9.59 Å². The number of hydrogen-bond donors (Lipinski definition) is 2. The van der Waals surface area contributed by atoms with Crippen LogP contribution in [0.3, 0.4) is 0 Å². The van der Waals surface area contributed by atoms with Crippen LogP contribution in [0, 0.1) is 5.82 Å². The van der Waals surface area contributed by atoms with Gasteiger partial charge in [0.05, 0.1) is 12.6 Å². The fourth-order valence-electron chi connectivity index (χ4n) is 2.60. The van der Waals surface area contributed by atoms with Crippen molar-refractivity contribution in [3.63, 3.8) is 0 Å². The molecule has 2 N–H and O–H groups in total. The highest BCUT2D eigenvalue weighted by molar-refractivity contribution is 5.80. The number of carbonyl (C=O) groups excluding carboxylic acids is 1. The third kappa shape index (κ3) is 4.01. The Kier molecular flexibility index (Phi) is 4.90. The highest BCUT2D eigenvalue weighted by atomic mass is 19.1. The largest absolute Gasteiger partial charge is 0.480 e. The molecule has 5 nitrogen and oxygen atoms in total. The Morgan fingerprint density at radius 1 is 1.43 bits per heavy atom. The maximum absolute atomic E-state index is 12.9. The van der Waals surface area contributed by atoms with Gasteiger partial charge < -0.3 is 10.4 Å². The molecule has 0 radical (unpaired) electrons. The molecule has 0 bridgehead atoms. The van der Waals surface area contributed by atoms with Crippen molar-refractivity contribution in [2.75, 3.05) is 13.1 Å². The molecule has 0 aliphatic carbocycles. The molecule has 1 saturated heterocycles. The zero-order valence-electron chi connectivity index (χ0n) is 11.9. The quantitative estimate of drug-likeness (QED) is 0.864. The van der Waals surface area contributed by atoms with Crippen molar-refractivity contribution in [2.45, 2.75) is 31.8 Å².